The van der Waals surface area contributed by atoms with Gasteiger partial charge in [-0.15, -0.1) is 0 Å². The second kappa shape index (κ2) is 7.05. The molecule has 0 bridgehead atoms. The predicted molar refractivity (Wildman–Crippen MR) is 85.0 cm³/mol. The van der Waals surface area contributed by atoms with E-state index in [0.29, 0.717) is 18.1 Å². The zero-order chi connectivity index (χ0) is 14.7. The molecule has 0 aliphatic carbocycles. The molecule has 0 amide bonds. The minimum Gasteiger partial charge on any atom is -0.378 e. The van der Waals surface area contributed by atoms with Crippen LogP contribution in [0.4, 0.5) is 0 Å². The third-order valence-electron chi connectivity index (χ3n) is 4.47. The van der Waals surface area contributed by atoms with Crippen LogP contribution in [0.3, 0.4) is 0 Å². The number of aryl methyl sites for hydroxylation is 2. The fourth-order valence-electron chi connectivity index (χ4n) is 3.26. The quantitative estimate of drug-likeness (QED) is 0.862. The number of rotatable bonds is 6. The van der Waals surface area contributed by atoms with E-state index in [2.05, 4.69) is 47.2 Å². The molecule has 0 radical (unpaired) electrons. The van der Waals surface area contributed by atoms with Gasteiger partial charge in [0.1, 0.15) is 0 Å². The monoisotopic (exact) mass is 343 g/mol. The summed E-state index contributed by atoms with van der Waals surface area (Å²) in [6.45, 7) is 5.25. The van der Waals surface area contributed by atoms with Crippen LogP contribution in [0.1, 0.15) is 38.1 Å². The number of hydrogen-bond acceptors (Lipinski definition) is 3. The molecule has 4 nitrogen and oxygen atoms in total. The first kappa shape index (κ1) is 16.0. The molecule has 1 aliphatic rings. The number of hydrogen-bond donors (Lipinski definition) is 1. The van der Waals surface area contributed by atoms with Crippen LogP contribution >= 0.6 is 15.9 Å². The Hall–Kier alpha value is -0.390. The van der Waals surface area contributed by atoms with Crippen LogP contribution in [0.15, 0.2) is 4.47 Å². The lowest BCUT2D eigenvalue weighted by Gasteiger charge is -2.27. The predicted octanol–water partition coefficient (Wildman–Crippen LogP) is 2.69. The van der Waals surface area contributed by atoms with E-state index in [1.807, 2.05) is 11.7 Å². The van der Waals surface area contributed by atoms with Crippen molar-refractivity contribution in [2.24, 2.45) is 13.0 Å². The van der Waals surface area contributed by atoms with Crippen molar-refractivity contribution in [1.29, 1.82) is 0 Å². The molecule has 1 N–H and O–H groups in total. The van der Waals surface area contributed by atoms with E-state index in [4.69, 9.17) is 4.74 Å². The number of nitrogens with one attached hydrogen (secondary N) is 1. The molecule has 1 aromatic rings. The van der Waals surface area contributed by atoms with Gasteiger partial charge in [-0.05, 0) is 42.2 Å². The van der Waals surface area contributed by atoms with E-state index in [1.165, 1.54) is 10.2 Å². The van der Waals surface area contributed by atoms with Gasteiger partial charge in [-0.2, -0.15) is 5.10 Å². The van der Waals surface area contributed by atoms with E-state index >= 15 is 0 Å². The van der Waals surface area contributed by atoms with E-state index in [1.54, 1.807) is 0 Å². The third kappa shape index (κ3) is 3.10. The molecule has 0 saturated carbocycles. The molecule has 114 valence electrons. The first-order valence-corrected chi connectivity index (χ1v) is 8.40. The molecule has 2 heterocycles. The minimum absolute atomic E-state index is 0.394. The van der Waals surface area contributed by atoms with Crippen molar-refractivity contribution in [2.75, 3.05) is 13.7 Å². The van der Waals surface area contributed by atoms with Gasteiger partial charge in [-0.3, -0.25) is 4.68 Å². The average molecular weight is 344 g/mol. The lowest BCUT2D eigenvalue weighted by molar-refractivity contribution is 0.0781. The van der Waals surface area contributed by atoms with E-state index < -0.39 is 0 Å². The van der Waals surface area contributed by atoms with Crippen LogP contribution in [0.5, 0.6) is 0 Å². The van der Waals surface area contributed by atoms with Gasteiger partial charge in [0.2, 0.25) is 0 Å². The first-order chi connectivity index (χ1) is 9.62. The van der Waals surface area contributed by atoms with Gasteiger partial charge >= 0.3 is 0 Å². The minimum atomic E-state index is 0.394. The second-order valence-corrected chi connectivity index (χ2v) is 6.35. The van der Waals surface area contributed by atoms with Crippen LogP contribution in [0.25, 0.3) is 0 Å². The third-order valence-corrected chi connectivity index (χ3v) is 5.38. The topological polar surface area (TPSA) is 39.1 Å². The summed E-state index contributed by atoms with van der Waals surface area (Å²) in [4.78, 5) is 0. The van der Waals surface area contributed by atoms with Crippen LogP contribution in [-0.4, -0.2) is 35.6 Å². The summed E-state index contributed by atoms with van der Waals surface area (Å²) in [5, 5.41) is 8.09. The van der Waals surface area contributed by atoms with Crippen molar-refractivity contribution in [3.63, 3.8) is 0 Å². The van der Waals surface area contributed by atoms with Gasteiger partial charge in [0, 0.05) is 32.0 Å². The lowest BCUT2D eigenvalue weighted by Crippen LogP contribution is -2.40. The van der Waals surface area contributed by atoms with Crippen molar-refractivity contribution < 1.29 is 4.74 Å². The molecular formula is C15H26BrN3O. The number of likely N-dealkylation sites (N-methyl/N-ethyl adjacent to an activating group) is 1. The Kier molecular flexibility index (Phi) is 5.64. The van der Waals surface area contributed by atoms with E-state index in [9.17, 15) is 0 Å². The standard InChI is InChI=1S/C15H26BrN3O/c1-5-11-15(16)13(19(4)18-11)9-12(17-3)10-7-8-20-14(10)6-2/h10,12,14,17H,5-9H2,1-4H3. The fourth-order valence-corrected chi connectivity index (χ4v) is 4.04. The number of aromatic nitrogens is 2. The van der Waals surface area contributed by atoms with Crippen molar-refractivity contribution in [3.8, 4) is 0 Å². The van der Waals surface area contributed by atoms with Gasteiger partial charge in [0.25, 0.3) is 0 Å². The highest BCUT2D eigenvalue weighted by molar-refractivity contribution is 9.10. The molecule has 3 unspecified atom stereocenters. The van der Waals surface area contributed by atoms with E-state index in [0.717, 1.165) is 38.0 Å². The highest BCUT2D eigenvalue weighted by Gasteiger charge is 2.33. The smallest absolute Gasteiger partial charge is 0.0766 e. The zero-order valence-corrected chi connectivity index (χ0v) is 14.5. The van der Waals surface area contributed by atoms with Gasteiger partial charge in [0.05, 0.1) is 22.0 Å². The molecule has 1 fully saturated rings. The van der Waals surface area contributed by atoms with E-state index in [-0.39, 0.29) is 0 Å². The zero-order valence-electron chi connectivity index (χ0n) is 12.9. The highest BCUT2D eigenvalue weighted by atomic mass is 79.9. The van der Waals surface area contributed by atoms with Crippen molar-refractivity contribution in [2.45, 2.75) is 51.7 Å². The molecule has 3 atom stereocenters. The molecule has 1 aromatic heterocycles. The maximum atomic E-state index is 5.85. The number of ether oxygens (including phenoxy) is 1. The Morgan fingerprint density at radius 1 is 1.50 bits per heavy atom. The summed E-state index contributed by atoms with van der Waals surface area (Å²) >= 11 is 3.72. The summed E-state index contributed by atoms with van der Waals surface area (Å²) < 4.78 is 9.04. The van der Waals surface area contributed by atoms with Crippen LogP contribution in [0.2, 0.25) is 0 Å². The van der Waals surface area contributed by atoms with Crippen molar-refractivity contribution in [3.05, 3.63) is 15.9 Å². The second-order valence-electron chi connectivity index (χ2n) is 5.55. The number of nitrogens with zero attached hydrogens (tertiary/aromatic N) is 2. The molecule has 0 aromatic carbocycles. The molecule has 0 spiro atoms. The summed E-state index contributed by atoms with van der Waals surface area (Å²) in [5.74, 6) is 0.594. The van der Waals surface area contributed by atoms with Crippen LogP contribution < -0.4 is 5.32 Å². The highest BCUT2D eigenvalue weighted by Crippen LogP contribution is 2.30. The summed E-state index contributed by atoms with van der Waals surface area (Å²) in [6, 6.07) is 0.443. The Morgan fingerprint density at radius 2 is 2.25 bits per heavy atom. The van der Waals surface area contributed by atoms with Gasteiger partial charge in [-0.1, -0.05) is 13.8 Å². The maximum Gasteiger partial charge on any atom is 0.0766 e. The normalized spacial score (nSPS) is 24.2. The molecule has 5 heteroatoms. The maximum absolute atomic E-state index is 5.85. The molecule has 1 saturated heterocycles. The lowest BCUT2D eigenvalue weighted by atomic mass is 9.88. The Balaban J connectivity index is 2.16. The Morgan fingerprint density at radius 3 is 2.80 bits per heavy atom. The van der Waals surface area contributed by atoms with Gasteiger partial charge in [-0.25, -0.2) is 0 Å². The SMILES string of the molecule is CCc1nn(C)c(CC(NC)C2CCOC2CC)c1Br. The number of halogens is 1. The average Bonchev–Trinajstić information content (AvgIpc) is 3.02. The summed E-state index contributed by atoms with van der Waals surface area (Å²) in [7, 11) is 4.09. The molecule has 20 heavy (non-hydrogen) atoms. The summed E-state index contributed by atoms with van der Waals surface area (Å²) in [5.41, 5.74) is 2.43. The Labute approximate surface area is 130 Å². The van der Waals surface area contributed by atoms with Crippen LogP contribution in [0, 0.1) is 5.92 Å². The first-order valence-electron chi connectivity index (χ1n) is 7.61. The van der Waals surface area contributed by atoms with Crippen molar-refractivity contribution in [1.82, 2.24) is 15.1 Å². The summed E-state index contributed by atoms with van der Waals surface area (Å²) in [6.07, 6.45) is 4.59. The molecule has 2 rings (SSSR count). The van der Waals surface area contributed by atoms with Crippen molar-refractivity contribution >= 4 is 15.9 Å². The largest absolute Gasteiger partial charge is 0.378 e. The fraction of sp³-hybridized carbons (Fsp3) is 0.800. The Bertz CT molecular complexity index is 447. The van der Waals surface area contributed by atoms with Crippen LogP contribution in [-0.2, 0) is 24.6 Å². The van der Waals surface area contributed by atoms with Gasteiger partial charge in [0.15, 0.2) is 0 Å². The molecular weight excluding hydrogens is 318 g/mol. The molecule has 1 aliphatic heterocycles. The van der Waals surface area contributed by atoms with Gasteiger partial charge < -0.3 is 10.1 Å².